The number of carboxylic acids is 3. The van der Waals surface area contributed by atoms with Crippen LogP contribution in [0.1, 0.15) is 29.9 Å². The van der Waals surface area contributed by atoms with E-state index >= 15 is 0 Å². The maximum Gasteiger partial charge on any atom is 0.317 e. The molecule has 0 amide bonds. The highest BCUT2D eigenvalue weighted by molar-refractivity contribution is 7.24. The molecule has 0 saturated carbocycles. The minimum Gasteiger partial charge on any atom is -0.497 e. The van der Waals surface area contributed by atoms with E-state index in [1.54, 1.807) is 21.8 Å². The SMILES string of the molecule is COc1ccc(C(CCOC([PH2]=O)N2CCN(CC(=O)O)CCN(CC(=O)O)CCN(CC(=O)O)CC2)CC(=O)OCc2ccccc2)cc1. The molecule has 0 bridgehead atoms. The van der Waals surface area contributed by atoms with E-state index in [2.05, 4.69) is 0 Å². The molecule has 1 aliphatic rings. The van der Waals surface area contributed by atoms with Crippen molar-refractivity contribution in [3.05, 3.63) is 65.7 Å². The number of hydrogen-bond donors (Lipinski definition) is 3. The second-order valence-corrected chi connectivity index (χ2v) is 12.9. The van der Waals surface area contributed by atoms with Gasteiger partial charge >= 0.3 is 23.9 Å². The molecule has 3 rings (SSSR count). The fraction of sp³-hybridized carbons (Fsp3) is 0.529. The monoisotopic (exact) mass is 720 g/mol. The van der Waals surface area contributed by atoms with E-state index < -0.39 is 32.3 Å². The number of hydrogen-bond acceptors (Lipinski definition) is 12. The van der Waals surface area contributed by atoms with Crippen LogP contribution in [0.3, 0.4) is 0 Å². The number of ether oxygens (including phenoxy) is 3. The largest absolute Gasteiger partial charge is 0.497 e. The number of aliphatic carboxylic acids is 3. The van der Waals surface area contributed by atoms with E-state index in [9.17, 15) is 39.1 Å². The van der Waals surface area contributed by atoms with Crippen molar-refractivity contribution in [3.63, 3.8) is 0 Å². The molecule has 3 N–H and O–H groups in total. The number of benzene rings is 2. The third kappa shape index (κ3) is 15.4. The molecule has 0 aromatic heterocycles. The van der Waals surface area contributed by atoms with E-state index in [0.717, 1.165) is 11.1 Å². The van der Waals surface area contributed by atoms with Gasteiger partial charge in [0.1, 0.15) is 20.8 Å². The summed E-state index contributed by atoms with van der Waals surface area (Å²) in [6.07, 6.45) is 0.501. The van der Waals surface area contributed by atoms with Crippen LogP contribution in [0.4, 0.5) is 0 Å². The first-order chi connectivity index (χ1) is 24.1. The number of carbonyl (C=O) groups excluding carboxylic acids is 1. The summed E-state index contributed by atoms with van der Waals surface area (Å²) in [5, 5.41) is 28.4. The molecular weight excluding hydrogens is 671 g/mol. The predicted octanol–water partition coefficient (Wildman–Crippen LogP) is 1.83. The van der Waals surface area contributed by atoms with Crippen molar-refractivity contribution in [3.8, 4) is 5.75 Å². The fourth-order valence-corrected chi connectivity index (χ4v) is 6.36. The topological polar surface area (TPSA) is 187 Å². The van der Waals surface area contributed by atoms with Crippen LogP contribution in [-0.4, -0.2) is 150 Å². The zero-order valence-corrected chi connectivity index (χ0v) is 29.6. The van der Waals surface area contributed by atoms with Crippen molar-refractivity contribution >= 4 is 32.3 Å². The van der Waals surface area contributed by atoms with Gasteiger partial charge in [-0.15, -0.1) is 0 Å². The van der Waals surface area contributed by atoms with Gasteiger partial charge < -0.3 is 34.1 Å². The van der Waals surface area contributed by atoms with E-state index in [0.29, 0.717) is 12.2 Å². The molecule has 3 unspecified atom stereocenters. The fourth-order valence-electron chi connectivity index (χ4n) is 5.68. The molecule has 16 heteroatoms. The quantitative estimate of drug-likeness (QED) is 0.150. The van der Waals surface area contributed by atoms with Gasteiger partial charge in [-0.1, -0.05) is 42.5 Å². The third-order valence-electron chi connectivity index (χ3n) is 8.42. The Hall–Kier alpha value is -3.85. The maximum absolute atomic E-state index is 12.9. The average molecular weight is 721 g/mol. The smallest absolute Gasteiger partial charge is 0.317 e. The number of methoxy groups -OCH3 is 1. The zero-order chi connectivity index (χ0) is 36.3. The van der Waals surface area contributed by atoms with Gasteiger partial charge in [-0.2, -0.15) is 0 Å². The number of carbonyl (C=O) groups is 4. The van der Waals surface area contributed by atoms with Gasteiger partial charge in [0.25, 0.3) is 0 Å². The lowest BCUT2D eigenvalue weighted by atomic mass is 9.93. The van der Waals surface area contributed by atoms with Gasteiger partial charge in [0, 0.05) is 59.0 Å². The highest BCUT2D eigenvalue weighted by Gasteiger charge is 2.25. The van der Waals surface area contributed by atoms with E-state index in [1.165, 1.54) is 0 Å². The summed E-state index contributed by atoms with van der Waals surface area (Å²) in [7, 11) is 0.0873. The van der Waals surface area contributed by atoms with Gasteiger partial charge in [0.2, 0.25) is 0 Å². The van der Waals surface area contributed by atoms with Crippen LogP contribution in [0.25, 0.3) is 0 Å². The standard InChI is InChI=1S/C34H49N4O11P/c1-47-29-9-7-27(8-10-29)28(21-33(45)49-25-26-5-3-2-4-6-26)11-20-48-34(50-46)38-18-16-36(23-31(41)42)14-12-35(22-30(39)40)13-15-37(17-19-38)24-32(43)44/h2-10,28,34H,11-25,50H2,1H3,(H,39,40)(H,41,42)(H,43,44). The van der Waals surface area contributed by atoms with Crippen LogP contribution in [0.5, 0.6) is 5.75 Å². The van der Waals surface area contributed by atoms with Crippen molar-refractivity contribution in [1.82, 2.24) is 19.6 Å². The Morgan fingerprint density at radius 3 is 1.70 bits per heavy atom. The molecule has 50 heavy (non-hydrogen) atoms. The molecule has 2 aromatic carbocycles. The van der Waals surface area contributed by atoms with Gasteiger partial charge in [-0.05, 0) is 35.6 Å². The van der Waals surface area contributed by atoms with Gasteiger partial charge in [0.15, 0.2) is 5.97 Å². The predicted molar refractivity (Wildman–Crippen MR) is 185 cm³/mol. The molecule has 15 nitrogen and oxygen atoms in total. The van der Waals surface area contributed by atoms with E-state index in [-0.39, 0.29) is 104 Å². The highest BCUT2D eigenvalue weighted by Crippen LogP contribution is 2.27. The lowest BCUT2D eigenvalue weighted by Gasteiger charge is -2.35. The summed E-state index contributed by atoms with van der Waals surface area (Å²) in [6, 6.07) is 16.8. The van der Waals surface area contributed by atoms with Gasteiger partial charge in [-0.3, -0.25) is 38.8 Å². The molecule has 0 aliphatic carbocycles. The molecule has 1 saturated heterocycles. The number of carboxylic acid groups (broad SMARTS) is 3. The zero-order valence-electron chi connectivity index (χ0n) is 28.4. The van der Waals surface area contributed by atoms with Crippen molar-refractivity contribution in [1.29, 1.82) is 0 Å². The molecule has 0 radical (unpaired) electrons. The van der Waals surface area contributed by atoms with Crippen molar-refractivity contribution in [2.24, 2.45) is 0 Å². The van der Waals surface area contributed by atoms with E-state index in [4.69, 9.17) is 14.2 Å². The Morgan fingerprint density at radius 1 is 0.740 bits per heavy atom. The first kappa shape index (κ1) is 40.6. The van der Waals surface area contributed by atoms with Gasteiger partial charge in [0.05, 0.1) is 33.2 Å². The van der Waals surface area contributed by atoms with Crippen LogP contribution < -0.4 is 4.74 Å². The molecule has 2 aromatic rings. The molecule has 1 aliphatic heterocycles. The number of rotatable bonds is 18. The molecule has 3 atom stereocenters. The van der Waals surface area contributed by atoms with Crippen LogP contribution in [0, 0.1) is 0 Å². The molecule has 276 valence electrons. The lowest BCUT2D eigenvalue weighted by molar-refractivity contribution is -0.145. The van der Waals surface area contributed by atoms with Crippen LogP contribution in [-0.2, 0) is 39.8 Å². The highest BCUT2D eigenvalue weighted by atomic mass is 31.1. The summed E-state index contributed by atoms with van der Waals surface area (Å²) in [5.41, 5.74) is 1.76. The molecular formula is C34H49N4O11P. The average Bonchev–Trinajstić information content (AvgIpc) is 3.09. The van der Waals surface area contributed by atoms with E-state index in [1.807, 2.05) is 59.5 Å². The maximum atomic E-state index is 12.9. The number of nitrogens with zero attached hydrogens (tertiary/aromatic N) is 4. The normalized spacial score (nSPS) is 17.4. The summed E-state index contributed by atoms with van der Waals surface area (Å²) in [5.74, 6) is -3.89. The first-order valence-corrected chi connectivity index (χ1v) is 17.7. The Kier molecular flexibility index (Phi) is 17.9. The minimum absolute atomic E-state index is 0.0916. The number of esters is 1. The summed E-state index contributed by atoms with van der Waals surface area (Å²) in [4.78, 5) is 54.5. The second kappa shape index (κ2) is 22.1. The molecule has 0 spiro atoms. The minimum atomic E-state index is -1.48. The van der Waals surface area contributed by atoms with Crippen LogP contribution >= 0.6 is 8.46 Å². The molecule has 1 heterocycles. The summed E-state index contributed by atoms with van der Waals surface area (Å²) in [6.45, 7) is 1.70. The molecule has 1 fully saturated rings. The van der Waals surface area contributed by atoms with Crippen LogP contribution in [0.2, 0.25) is 0 Å². The first-order valence-electron chi connectivity index (χ1n) is 16.5. The summed E-state index contributed by atoms with van der Waals surface area (Å²) >= 11 is 0. The van der Waals surface area contributed by atoms with Gasteiger partial charge in [-0.25, -0.2) is 0 Å². The summed E-state index contributed by atoms with van der Waals surface area (Å²) < 4.78 is 29.7. The van der Waals surface area contributed by atoms with Crippen molar-refractivity contribution in [2.75, 3.05) is 85.7 Å². The van der Waals surface area contributed by atoms with Crippen molar-refractivity contribution in [2.45, 2.75) is 31.3 Å². The Labute approximate surface area is 293 Å². The van der Waals surface area contributed by atoms with Crippen molar-refractivity contribution < 1.29 is 53.3 Å². The Balaban J connectivity index is 1.72. The third-order valence-corrected chi connectivity index (χ3v) is 9.27. The lowest BCUT2D eigenvalue weighted by Crippen LogP contribution is -2.50. The Bertz CT molecular complexity index is 1340. The second-order valence-electron chi connectivity index (χ2n) is 12.1. The Morgan fingerprint density at radius 2 is 1.24 bits per heavy atom. The van der Waals surface area contributed by atoms with Crippen LogP contribution in [0.15, 0.2) is 54.6 Å².